The highest BCUT2D eigenvalue weighted by molar-refractivity contribution is 6.33. The number of likely N-dealkylation sites (tertiary alicyclic amines) is 1. The summed E-state index contributed by atoms with van der Waals surface area (Å²) in [5.41, 5.74) is 0.748. The van der Waals surface area contributed by atoms with Crippen LogP contribution in [0.15, 0.2) is 18.3 Å². The number of nitrogens with zero attached hydrogens (tertiary/aromatic N) is 4. The Hall–Kier alpha value is -1.13. The van der Waals surface area contributed by atoms with Crippen LogP contribution in [0.1, 0.15) is 18.7 Å². The van der Waals surface area contributed by atoms with Crippen LogP contribution in [0.5, 0.6) is 0 Å². The minimum absolute atomic E-state index is 0.655. The van der Waals surface area contributed by atoms with Gasteiger partial charge in [0.25, 0.3) is 0 Å². The molecule has 84 valence electrons. The number of hydrogen-bond donors (Lipinski definition) is 0. The predicted molar refractivity (Wildman–Crippen MR) is 62.5 cm³/mol. The van der Waals surface area contributed by atoms with E-state index in [2.05, 4.69) is 15.1 Å². The fourth-order valence-electron chi connectivity index (χ4n) is 2.18. The number of hydrogen-bond acceptors (Lipinski definition) is 3. The largest absolute Gasteiger partial charge is 0.296 e. The third kappa shape index (κ3) is 1.68. The molecular formula is C11H13ClN4. The van der Waals surface area contributed by atoms with Crippen LogP contribution < -0.4 is 0 Å². The molecular weight excluding hydrogens is 224 g/mol. The van der Waals surface area contributed by atoms with Crippen LogP contribution >= 0.6 is 11.6 Å². The highest BCUT2D eigenvalue weighted by Gasteiger charge is 2.15. The zero-order valence-corrected chi connectivity index (χ0v) is 9.69. The van der Waals surface area contributed by atoms with E-state index in [1.165, 1.54) is 12.8 Å². The van der Waals surface area contributed by atoms with Gasteiger partial charge in [-0.25, -0.2) is 0 Å². The van der Waals surface area contributed by atoms with Gasteiger partial charge in [0.15, 0.2) is 11.5 Å². The van der Waals surface area contributed by atoms with Gasteiger partial charge in [-0.1, -0.05) is 11.6 Å². The zero-order chi connectivity index (χ0) is 11.0. The van der Waals surface area contributed by atoms with Crippen LogP contribution in [-0.2, 0) is 6.54 Å². The van der Waals surface area contributed by atoms with Crippen molar-refractivity contribution in [3.8, 4) is 0 Å². The van der Waals surface area contributed by atoms with E-state index in [-0.39, 0.29) is 0 Å². The zero-order valence-electron chi connectivity index (χ0n) is 8.93. The average Bonchev–Trinajstić information content (AvgIpc) is 2.90. The first kappa shape index (κ1) is 10.1. The number of rotatable bonds is 2. The Morgan fingerprint density at radius 2 is 2.06 bits per heavy atom. The molecule has 0 aliphatic carbocycles. The topological polar surface area (TPSA) is 33.4 Å². The molecule has 0 unspecified atom stereocenters. The van der Waals surface area contributed by atoms with Gasteiger partial charge < -0.3 is 0 Å². The van der Waals surface area contributed by atoms with Crippen molar-refractivity contribution < 1.29 is 0 Å². The molecule has 2 aromatic rings. The maximum Gasteiger partial charge on any atom is 0.179 e. The summed E-state index contributed by atoms with van der Waals surface area (Å²) in [6, 6.07) is 3.76. The molecule has 3 heterocycles. The molecule has 0 atom stereocenters. The van der Waals surface area contributed by atoms with E-state index < -0.39 is 0 Å². The lowest BCUT2D eigenvalue weighted by Gasteiger charge is -2.12. The summed E-state index contributed by atoms with van der Waals surface area (Å²) in [5, 5.41) is 8.98. The molecule has 0 N–H and O–H groups in total. The van der Waals surface area contributed by atoms with E-state index in [4.69, 9.17) is 11.6 Å². The van der Waals surface area contributed by atoms with Gasteiger partial charge in [0.2, 0.25) is 0 Å². The third-order valence-electron chi connectivity index (χ3n) is 3.02. The number of aromatic nitrogens is 3. The van der Waals surface area contributed by atoms with E-state index in [1.807, 2.05) is 22.7 Å². The van der Waals surface area contributed by atoms with Crippen LogP contribution in [0.3, 0.4) is 0 Å². The van der Waals surface area contributed by atoms with Crippen LogP contribution in [0, 0.1) is 0 Å². The van der Waals surface area contributed by atoms with Crippen molar-refractivity contribution in [3.63, 3.8) is 0 Å². The Balaban J connectivity index is 1.94. The Morgan fingerprint density at radius 3 is 2.88 bits per heavy atom. The quantitative estimate of drug-likeness (QED) is 0.800. The van der Waals surface area contributed by atoms with Gasteiger partial charge >= 0.3 is 0 Å². The van der Waals surface area contributed by atoms with Crippen molar-refractivity contribution in [3.05, 3.63) is 29.2 Å². The van der Waals surface area contributed by atoms with Gasteiger partial charge in [-0.3, -0.25) is 9.30 Å². The monoisotopic (exact) mass is 236 g/mol. The lowest BCUT2D eigenvalue weighted by molar-refractivity contribution is 0.321. The average molecular weight is 237 g/mol. The molecule has 5 heteroatoms. The summed E-state index contributed by atoms with van der Waals surface area (Å²) in [7, 11) is 0. The molecule has 1 aliphatic rings. The fraction of sp³-hybridized carbons (Fsp3) is 0.455. The van der Waals surface area contributed by atoms with Crippen molar-refractivity contribution in [2.45, 2.75) is 19.4 Å². The normalized spacial score (nSPS) is 17.3. The van der Waals surface area contributed by atoms with E-state index in [9.17, 15) is 0 Å². The Morgan fingerprint density at radius 1 is 1.25 bits per heavy atom. The highest BCUT2D eigenvalue weighted by Crippen LogP contribution is 2.17. The predicted octanol–water partition coefficient (Wildman–Crippen LogP) is 1.98. The fourth-order valence-corrected chi connectivity index (χ4v) is 2.38. The minimum atomic E-state index is 0.655. The minimum Gasteiger partial charge on any atom is -0.296 e. The molecule has 2 aromatic heterocycles. The molecule has 1 aliphatic heterocycles. The first-order valence-electron chi connectivity index (χ1n) is 5.55. The van der Waals surface area contributed by atoms with Crippen LogP contribution in [0.4, 0.5) is 0 Å². The Labute approximate surface area is 98.8 Å². The SMILES string of the molecule is Clc1cccn2c(CN3CCCC3)nnc12. The Bertz CT molecular complexity index is 502. The van der Waals surface area contributed by atoms with Gasteiger partial charge in [-0.2, -0.15) is 0 Å². The summed E-state index contributed by atoms with van der Waals surface area (Å²) in [5.74, 6) is 0.972. The smallest absolute Gasteiger partial charge is 0.179 e. The molecule has 16 heavy (non-hydrogen) atoms. The van der Waals surface area contributed by atoms with E-state index >= 15 is 0 Å². The summed E-state index contributed by atoms with van der Waals surface area (Å²) < 4.78 is 1.97. The molecule has 0 radical (unpaired) electrons. The van der Waals surface area contributed by atoms with E-state index in [0.29, 0.717) is 5.02 Å². The lowest BCUT2D eigenvalue weighted by atomic mass is 10.4. The maximum absolute atomic E-state index is 6.05. The summed E-state index contributed by atoms with van der Waals surface area (Å²) in [6.07, 6.45) is 4.54. The number of fused-ring (bicyclic) bond motifs is 1. The molecule has 0 aromatic carbocycles. The van der Waals surface area contributed by atoms with Crippen molar-refractivity contribution >= 4 is 17.2 Å². The van der Waals surface area contributed by atoms with Crippen LogP contribution in [-0.4, -0.2) is 32.6 Å². The standard InChI is InChI=1S/C11H13ClN4/c12-9-4-3-7-16-10(13-14-11(9)16)8-15-5-1-2-6-15/h3-4,7H,1-2,5-6,8H2. The van der Waals surface area contributed by atoms with Gasteiger partial charge in [-0.15, -0.1) is 10.2 Å². The second-order valence-electron chi connectivity index (χ2n) is 4.15. The molecule has 4 nitrogen and oxygen atoms in total. The van der Waals surface area contributed by atoms with Crippen molar-refractivity contribution in [2.75, 3.05) is 13.1 Å². The van der Waals surface area contributed by atoms with Crippen LogP contribution in [0.2, 0.25) is 5.02 Å². The summed E-state index contributed by atoms with van der Waals surface area (Å²) in [4.78, 5) is 2.40. The van der Waals surface area contributed by atoms with Gasteiger partial charge in [0.1, 0.15) is 0 Å². The number of pyridine rings is 1. The Kier molecular flexibility index (Phi) is 2.53. The molecule has 1 saturated heterocycles. The van der Waals surface area contributed by atoms with E-state index in [0.717, 1.165) is 31.1 Å². The molecule has 0 amide bonds. The summed E-state index contributed by atoms with van der Waals surface area (Å²) >= 11 is 6.05. The maximum atomic E-state index is 6.05. The third-order valence-corrected chi connectivity index (χ3v) is 3.32. The van der Waals surface area contributed by atoms with Crippen molar-refractivity contribution in [2.24, 2.45) is 0 Å². The van der Waals surface area contributed by atoms with Crippen molar-refractivity contribution in [1.82, 2.24) is 19.5 Å². The van der Waals surface area contributed by atoms with E-state index in [1.54, 1.807) is 0 Å². The second-order valence-corrected chi connectivity index (χ2v) is 4.56. The molecule has 0 bridgehead atoms. The van der Waals surface area contributed by atoms with Gasteiger partial charge in [-0.05, 0) is 38.1 Å². The lowest BCUT2D eigenvalue weighted by Crippen LogP contribution is -2.20. The summed E-state index contributed by atoms with van der Waals surface area (Å²) in [6.45, 7) is 3.19. The molecule has 3 rings (SSSR count). The number of halogens is 1. The second kappa shape index (κ2) is 4.03. The molecule has 0 saturated carbocycles. The molecule has 0 spiro atoms. The highest BCUT2D eigenvalue weighted by atomic mass is 35.5. The first-order chi connectivity index (χ1) is 7.84. The van der Waals surface area contributed by atoms with Gasteiger partial charge in [0, 0.05) is 6.20 Å². The van der Waals surface area contributed by atoms with Crippen molar-refractivity contribution in [1.29, 1.82) is 0 Å². The first-order valence-corrected chi connectivity index (χ1v) is 5.93. The van der Waals surface area contributed by atoms with Gasteiger partial charge in [0.05, 0.1) is 11.6 Å². The molecule has 1 fully saturated rings. The van der Waals surface area contributed by atoms with Crippen LogP contribution in [0.25, 0.3) is 5.65 Å².